The summed E-state index contributed by atoms with van der Waals surface area (Å²) in [5.41, 5.74) is 1.38. The number of rotatable bonds is 1. The van der Waals surface area contributed by atoms with Crippen LogP contribution in [0.5, 0.6) is 0 Å². The number of aliphatic hydroxyl groups is 1. The highest BCUT2D eigenvalue weighted by Gasteiger charge is 2.09. The lowest BCUT2D eigenvalue weighted by atomic mass is 10.0. The average molecular weight is 155 g/mol. The molecule has 0 aliphatic carbocycles. The Balaban J connectivity index is 2.45. The first-order valence-electron chi connectivity index (χ1n) is 4.24. The van der Waals surface area contributed by atoms with Crippen molar-refractivity contribution in [2.24, 2.45) is 0 Å². The third-order valence-corrected chi connectivity index (χ3v) is 1.99. The van der Waals surface area contributed by atoms with Crippen molar-refractivity contribution in [2.75, 3.05) is 20.1 Å². The van der Waals surface area contributed by atoms with Gasteiger partial charge in [0.25, 0.3) is 0 Å². The van der Waals surface area contributed by atoms with Crippen molar-refractivity contribution < 1.29 is 5.11 Å². The fourth-order valence-corrected chi connectivity index (χ4v) is 1.56. The van der Waals surface area contributed by atoms with Gasteiger partial charge >= 0.3 is 0 Å². The van der Waals surface area contributed by atoms with Crippen LogP contribution in [0.25, 0.3) is 0 Å². The summed E-state index contributed by atoms with van der Waals surface area (Å²) < 4.78 is 0. The molecule has 11 heavy (non-hydrogen) atoms. The van der Waals surface area contributed by atoms with Crippen LogP contribution in [0, 0.1) is 0 Å². The van der Waals surface area contributed by atoms with Crippen LogP contribution in [0.3, 0.4) is 0 Å². The highest BCUT2D eigenvalue weighted by atomic mass is 16.3. The summed E-state index contributed by atoms with van der Waals surface area (Å²) in [6.45, 7) is 4.03. The molecule has 1 aliphatic heterocycles. The van der Waals surface area contributed by atoms with Gasteiger partial charge in [-0.1, -0.05) is 11.6 Å². The van der Waals surface area contributed by atoms with E-state index in [1.165, 1.54) is 18.5 Å². The summed E-state index contributed by atoms with van der Waals surface area (Å²) in [5.74, 6) is 0. The zero-order valence-electron chi connectivity index (χ0n) is 7.38. The van der Waals surface area contributed by atoms with Crippen molar-refractivity contribution in [2.45, 2.75) is 25.9 Å². The topological polar surface area (TPSA) is 23.5 Å². The summed E-state index contributed by atoms with van der Waals surface area (Å²) in [4.78, 5) is 2.29. The zero-order chi connectivity index (χ0) is 8.27. The third kappa shape index (κ3) is 3.04. The number of hydrogen-bond acceptors (Lipinski definition) is 2. The van der Waals surface area contributed by atoms with Gasteiger partial charge in [0.1, 0.15) is 0 Å². The molecule has 0 aromatic heterocycles. The minimum absolute atomic E-state index is 0.281. The van der Waals surface area contributed by atoms with E-state index in [0.717, 1.165) is 13.0 Å². The maximum atomic E-state index is 9.10. The first kappa shape index (κ1) is 8.75. The number of piperidine rings is 1. The summed E-state index contributed by atoms with van der Waals surface area (Å²) >= 11 is 0. The molecule has 0 saturated carbocycles. The van der Waals surface area contributed by atoms with Crippen LogP contribution >= 0.6 is 0 Å². The molecule has 1 N–H and O–H groups in total. The number of aliphatic hydroxyl groups excluding tert-OH is 1. The van der Waals surface area contributed by atoms with Crippen molar-refractivity contribution in [1.82, 2.24) is 4.90 Å². The summed E-state index contributed by atoms with van der Waals surface area (Å²) in [6, 6.07) is 0. The smallest absolute Gasteiger partial charge is 0.0695 e. The molecule has 1 heterocycles. The van der Waals surface area contributed by atoms with Crippen LogP contribution in [-0.4, -0.2) is 36.2 Å². The lowest BCUT2D eigenvalue weighted by molar-refractivity contribution is 0.239. The monoisotopic (exact) mass is 155 g/mol. The second-order valence-corrected chi connectivity index (χ2v) is 3.41. The molecule has 0 aromatic carbocycles. The van der Waals surface area contributed by atoms with Gasteiger partial charge in [0, 0.05) is 6.54 Å². The molecule has 1 unspecified atom stereocenters. The average Bonchev–Trinajstić information content (AvgIpc) is 1.85. The molecule has 0 radical (unpaired) electrons. The van der Waals surface area contributed by atoms with Gasteiger partial charge in [-0.15, -0.1) is 0 Å². The predicted molar refractivity (Wildman–Crippen MR) is 46.5 cm³/mol. The fourth-order valence-electron chi connectivity index (χ4n) is 1.56. The van der Waals surface area contributed by atoms with E-state index in [1.54, 1.807) is 0 Å². The molecule has 1 fully saturated rings. The Hall–Kier alpha value is -0.340. The maximum absolute atomic E-state index is 9.10. The molecule has 2 nitrogen and oxygen atoms in total. The second kappa shape index (κ2) is 3.88. The lowest BCUT2D eigenvalue weighted by Crippen LogP contribution is -2.27. The lowest BCUT2D eigenvalue weighted by Gasteiger charge is -2.24. The van der Waals surface area contributed by atoms with Crippen LogP contribution in [0.2, 0.25) is 0 Å². The van der Waals surface area contributed by atoms with Crippen LogP contribution in [0.1, 0.15) is 19.8 Å². The SMILES string of the molecule is CC(O)/C=C1/CCCN(C)C1. The van der Waals surface area contributed by atoms with E-state index in [0.29, 0.717) is 0 Å². The van der Waals surface area contributed by atoms with Crippen LogP contribution in [0.4, 0.5) is 0 Å². The normalized spacial score (nSPS) is 27.4. The molecule has 2 heteroatoms. The Morgan fingerprint density at radius 1 is 1.64 bits per heavy atom. The summed E-state index contributed by atoms with van der Waals surface area (Å²) in [5, 5.41) is 9.10. The Kier molecular flexibility index (Phi) is 3.09. The van der Waals surface area contributed by atoms with Crippen molar-refractivity contribution in [3.63, 3.8) is 0 Å². The van der Waals surface area contributed by atoms with E-state index in [2.05, 4.69) is 11.9 Å². The van der Waals surface area contributed by atoms with E-state index in [4.69, 9.17) is 5.11 Å². The van der Waals surface area contributed by atoms with Crippen molar-refractivity contribution in [3.8, 4) is 0 Å². The third-order valence-electron chi connectivity index (χ3n) is 1.99. The van der Waals surface area contributed by atoms with Gasteiger partial charge in [0.15, 0.2) is 0 Å². The number of nitrogens with zero attached hydrogens (tertiary/aromatic N) is 1. The second-order valence-electron chi connectivity index (χ2n) is 3.41. The molecule has 0 spiro atoms. The molecule has 1 saturated heterocycles. The first-order chi connectivity index (χ1) is 5.18. The highest BCUT2D eigenvalue weighted by Crippen LogP contribution is 2.14. The number of hydrogen-bond donors (Lipinski definition) is 1. The standard InChI is InChI=1S/C9H17NO/c1-8(11)6-9-4-3-5-10(2)7-9/h6,8,11H,3-5,7H2,1-2H3/b9-6-. The Bertz CT molecular complexity index is 152. The minimum Gasteiger partial charge on any atom is -0.389 e. The van der Waals surface area contributed by atoms with E-state index >= 15 is 0 Å². The van der Waals surface area contributed by atoms with Gasteiger partial charge in [-0.25, -0.2) is 0 Å². The predicted octanol–water partition coefficient (Wildman–Crippen LogP) is 1.02. The van der Waals surface area contributed by atoms with Gasteiger partial charge in [0.05, 0.1) is 6.10 Å². The first-order valence-corrected chi connectivity index (χ1v) is 4.24. The molecule has 1 aliphatic rings. The molecular formula is C9H17NO. The molecule has 1 atom stereocenters. The van der Waals surface area contributed by atoms with Crippen molar-refractivity contribution >= 4 is 0 Å². The molecule has 0 bridgehead atoms. The van der Waals surface area contributed by atoms with Crippen molar-refractivity contribution in [1.29, 1.82) is 0 Å². The highest BCUT2D eigenvalue weighted by molar-refractivity contribution is 5.08. The van der Waals surface area contributed by atoms with E-state index in [-0.39, 0.29) is 6.10 Å². The molecule has 0 aromatic rings. The van der Waals surface area contributed by atoms with Crippen LogP contribution in [0.15, 0.2) is 11.6 Å². The summed E-state index contributed by atoms with van der Waals surface area (Å²) in [6.07, 6.45) is 4.08. The molecule has 64 valence electrons. The number of likely N-dealkylation sites (N-methyl/N-ethyl adjacent to an activating group) is 1. The van der Waals surface area contributed by atoms with Gasteiger partial charge in [-0.2, -0.15) is 0 Å². The zero-order valence-corrected chi connectivity index (χ0v) is 7.38. The molecule has 1 rings (SSSR count). The maximum Gasteiger partial charge on any atom is 0.0695 e. The van der Waals surface area contributed by atoms with Crippen molar-refractivity contribution in [3.05, 3.63) is 11.6 Å². The van der Waals surface area contributed by atoms with E-state index in [1.807, 2.05) is 13.0 Å². The van der Waals surface area contributed by atoms with Crippen LogP contribution < -0.4 is 0 Å². The Morgan fingerprint density at radius 2 is 2.36 bits per heavy atom. The van der Waals surface area contributed by atoms with E-state index in [9.17, 15) is 0 Å². The van der Waals surface area contributed by atoms with Gasteiger partial charge in [-0.3, -0.25) is 0 Å². The van der Waals surface area contributed by atoms with Gasteiger partial charge in [-0.05, 0) is 33.4 Å². The van der Waals surface area contributed by atoms with Gasteiger partial charge in [0.2, 0.25) is 0 Å². The molecular weight excluding hydrogens is 138 g/mol. The molecule has 0 amide bonds. The minimum atomic E-state index is -0.281. The number of likely N-dealkylation sites (tertiary alicyclic amines) is 1. The van der Waals surface area contributed by atoms with E-state index < -0.39 is 0 Å². The van der Waals surface area contributed by atoms with Gasteiger partial charge < -0.3 is 10.0 Å². The summed E-state index contributed by atoms with van der Waals surface area (Å²) in [7, 11) is 2.12. The fraction of sp³-hybridized carbons (Fsp3) is 0.778. The Labute approximate surface area is 68.5 Å². The quantitative estimate of drug-likeness (QED) is 0.571. The largest absolute Gasteiger partial charge is 0.389 e. The van der Waals surface area contributed by atoms with Crippen LogP contribution in [-0.2, 0) is 0 Å². The Morgan fingerprint density at radius 3 is 2.91 bits per heavy atom.